The number of hydrogen-bond acceptors (Lipinski definition) is 4. The van der Waals surface area contributed by atoms with Crippen molar-refractivity contribution >= 4 is 34.7 Å². The minimum Gasteiger partial charge on any atom is -0.507 e. The van der Waals surface area contributed by atoms with E-state index in [1.165, 1.54) is 35.5 Å². The van der Waals surface area contributed by atoms with Crippen molar-refractivity contribution in [1.29, 1.82) is 0 Å². The van der Waals surface area contributed by atoms with Crippen LogP contribution in [0, 0.1) is 12.7 Å². The zero-order chi connectivity index (χ0) is 21.4. The van der Waals surface area contributed by atoms with Crippen LogP contribution in [-0.2, 0) is 9.59 Å². The van der Waals surface area contributed by atoms with E-state index >= 15 is 0 Å². The highest BCUT2D eigenvalue weighted by Gasteiger charge is 2.47. The summed E-state index contributed by atoms with van der Waals surface area (Å²) in [5.74, 6) is -2.44. The Morgan fingerprint density at radius 1 is 1.10 bits per heavy atom. The maximum Gasteiger partial charge on any atom is 0.300 e. The summed E-state index contributed by atoms with van der Waals surface area (Å²) in [7, 11) is 0. The molecule has 1 amide bonds. The molecule has 0 radical (unpaired) electrons. The van der Waals surface area contributed by atoms with Gasteiger partial charge >= 0.3 is 0 Å². The molecule has 30 heavy (non-hydrogen) atoms. The number of carbonyl (C=O) groups excluding carboxylic acids is 2. The molecule has 2 aromatic carbocycles. The molecule has 2 heterocycles. The molecule has 1 atom stereocenters. The van der Waals surface area contributed by atoms with Crippen LogP contribution >= 0.6 is 11.6 Å². The van der Waals surface area contributed by atoms with Crippen LogP contribution in [0.2, 0.25) is 5.02 Å². The number of hydrogen-bond donors (Lipinski definition) is 1. The molecule has 5 nitrogen and oxygen atoms in total. The molecule has 1 N–H and O–H groups in total. The van der Waals surface area contributed by atoms with E-state index in [4.69, 9.17) is 11.6 Å². The standard InChI is InChI=1S/C23H16ClFN2O3/c1-13-11-15(5-6-18(13)25)21(28)19-20(14-7-9-26-10-8-14)27(23(30)22(19)29)17-4-2-3-16(24)12-17/h2-12,20,28H,1H3/b21-19+. The number of pyridine rings is 1. The molecule has 1 fully saturated rings. The third kappa shape index (κ3) is 3.35. The van der Waals surface area contributed by atoms with Crippen LogP contribution in [0.15, 0.2) is 72.6 Å². The van der Waals surface area contributed by atoms with E-state index in [1.54, 1.807) is 43.3 Å². The van der Waals surface area contributed by atoms with Gasteiger partial charge in [0.05, 0.1) is 11.6 Å². The molecule has 1 aliphatic rings. The fourth-order valence-electron chi connectivity index (χ4n) is 3.53. The van der Waals surface area contributed by atoms with Crippen molar-refractivity contribution in [3.8, 4) is 0 Å². The Labute approximate surface area is 177 Å². The van der Waals surface area contributed by atoms with Crippen LogP contribution in [0.3, 0.4) is 0 Å². The van der Waals surface area contributed by atoms with Gasteiger partial charge in [-0.2, -0.15) is 0 Å². The van der Waals surface area contributed by atoms with Gasteiger partial charge in [-0.15, -0.1) is 0 Å². The fraction of sp³-hybridized carbons (Fsp3) is 0.0870. The largest absolute Gasteiger partial charge is 0.507 e. The van der Waals surface area contributed by atoms with Gasteiger partial charge in [0.1, 0.15) is 11.6 Å². The van der Waals surface area contributed by atoms with Gasteiger partial charge < -0.3 is 5.11 Å². The molecule has 1 saturated heterocycles. The Morgan fingerprint density at radius 2 is 1.83 bits per heavy atom. The molecule has 1 unspecified atom stereocenters. The third-order valence-electron chi connectivity index (χ3n) is 4.98. The van der Waals surface area contributed by atoms with Gasteiger partial charge in [0.2, 0.25) is 0 Å². The van der Waals surface area contributed by atoms with Crippen LogP contribution in [0.4, 0.5) is 10.1 Å². The number of Topliss-reactive ketones (excluding diaryl/α,β-unsaturated/α-hetero) is 1. The quantitative estimate of drug-likeness (QED) is 0.373. The maximum absolute atomic E-state index is 13.7. The van der Waals surface area contributed by atoms with Crippen LogP contribution in [0.1, 0.15) is 22.7 Å². The van der Waals surface area contributed by atoms with E-state index in [-0.39, 0.29) is 16.9 Å². The smallest absolute Gasteiger partial charge is 0.300 e. The highest BCUT2D eigenvalue weighted by molar-refractivity contribution is 6.51. The van der Waals surface area contributed by atoms with Crippen LogP contribution in [0.5, 0.6) is 0 Å². The van der Waals surface area contributed by atoms with Crippen LogP contribution in [-0.4, -0.2) is 21.8 Å². The Kier molecular flexibility index (Phi) is 5.10. The Balaban J connectivity index is 1.95. The van der Waals surface area contributed by atoms with Crippen molar-refractivity contribution < 1.29 is 19.1 Å². The third-order valence-corrected chi connectivity index (χ3v) is 5.22. The molecule has 0 bridgehead atoms. The molecule has 1 aliphatic heterocycles. The number of amides is 1. The molecule has 150 valence electrons. The van der Waals surface area contributed by atoms with E-state index in [0.717, 1.165) is 0 Å². The maximum atomic E-state index is 13.7. The van der Waals surface area contributed by atoms with Gasteiger partial charge in [-0.05, 0) is 66.6 Å². The highest BCUT2D eigenvalue weighted by Crippen LogP contribution is 2.42. The lowest BCUT2D eigenvalue weighted by atomic mass is 9.95. The van der Waals surface area contributed by atoms with Crippen molar-refractivity contribution in [2.24, 2.45) is 0 Å². The summed E-state index contributed by atoms with van der Waals surface area (Å²) in [4.78, 5) is 31.3. The first-order valence-electron chi connectivity index (χ1n) is 9.11. The van der Waals surface area contributed by atoms with Crippen LogP contribution in [0.25, 0.3) is 5.76 Å². The number of aliphatic hydroxyl groups is 1. The average molecular weight is 423 g/mol. The van der Waals surface area contributed by atoms with Crippen molar-refractivity contribution in [3.63, 3.8) is 0 Å². The second-order valence-corrected chi connectivity index (χ2v) is 7.33. The van der Waals surface area contributed by atoms with Crippen LogP contribution < -0.4 is 4.90 Å². The predicted molar refractivity (Wildman–Crippen MR) is 112 cm³/mol. The van der Waals surface area contributed by atoms with Crippen molar-refractivity contribution in [1.82, 2.24) is 4.98 Å². The molecule has 0 aliphatic carbocycles. The Bertz CT molecular complexity index is 1190. The number of anilines is 1. The Hall–Kier alpha value is -3.51. The molecule has 7 heteroatoms. The molecule has 3 aromatic rings. The van der Waals surface area contributed by atoms with Gasteiger partial charge in [0.25, 0.3) is 11.7 Å². The van der Waals surface area contributed by atoms with Crippen molar-refractivity contribution in [2.75, 3.05) is 4.90 Å². The number of aromatic nitrogens is 1. The number of halogens is 2. The predicted octanol–water partition coefficient (Wildman–Crippen LogP) is 4.81. The molecule has 0 saturated carbocycles. The average Bonchev–Trinajstić information content (AvgIpc) is 3.01. The molecule has 0 spiro atoms. The number of aryl methyl sites for hydroxylation is 1. The Morgan fingerprint density at radius 3 is 2.50 bits per heavy atom. The van der Waals surface area contributed by atoms with Gasteiger partial charge in [-0.25, -0.2) is 4.39 Å². The number of nitrogens with zero attached hydrogens (tertiary/aromatic N) is 2. The van der Waals surface area contributed by atoms with E-state index in [1.807, 2.05) is 0 Å². The fourth-order valence-corrected chi connectivity index (χ4v) is 3.72. The summed E-state index contributed by atoms with van der Waals surface area (Å²) in [5.41, 5.74) is 1.48. The second-order valence-electron chi connectivity index (χ2n) is 6.89. The first-order valence-corrected chi connectivity index (χ1v) is 9.49. The first-order chi connectivity index (χ1) is 14.4. The zero-order valence-electron chi connectivity index (χ0n) is 15.8. The lowest BCUT2D eigenvalue weighted by Crippen LogP contribution is -2.29. The molecule has 1 aromatic heterocycles. The van der Waals surface area contributed by atoms with Gasteiger partial charge in [0.15, 0.2) is 0 Å². The monoisotopic (exact) mass is 422 g/mol. The minimum absolute atomic E-state index is 0.0859. The number of rotatable bonds is 3. The van der Waals surface area contributed by atoms with E-state index in [9.17, 15) is 19.1 Å². The van der Waals surface area contributed by atoms with Crippen molar-refractivity contribution in [3.05, 3.63) is 100 Å². The summed E-state index contributed by atoms with van der Waals surface area (Å²) in [6, 6.07) is 13.0. The SMILES string of the molecule is Cc1cc(/C(O)=C2\C(=O)C(=O)N(c3cccc(Cl)c3)C2c2ccncc2)ccc1F. The minimum atomic E-state index is -0.892. The second kappa shape index (κ2) is 7.72. The number of carbonyl (C=O) groups is 2. The number of ketones is 1. The molecular formula is C23H16ClFN2O3. The number of benzene rings is 2. The summed E-state index contributed by atoms with van der Waals surface area (Å²) < 4.78 is 13.7. The summed E-state index contributed by atoms with van der Waals surface area (Å²) in [6.07, 6.45) is 3.07. The summed E-state index contributed by atoms with van der Waals surface area (Å²) in [5, 5.41) is 11.4. The van der Waals surface area contributed by atoms with E-state index in [2.05, 4.69) is 4.98 Å². The highest BCUT2D eigenvalue weighted by atomic mass is 35.5. The van der Waals surface area contributed by atoms with Crippen molar-refractivity contribution in [2.45, 2.75) is 13.0 Å². The van der Waals surface area contributed by atoms with Gasteiger partial charge in [-0.1, -0.05) is 17.7 Å². The first kappa shape index (κ1) is 19.8. The molecular weight excluding hydrogens is 407 g/mol. The number of aliphatic hydroxyl groups excluding tert-OH is 1. The lowest BCUT2D eigenvalue weighted by Gasteiger charge is -2.25. The van der Waals surface area contributed by atoms with Gasteiger partial charge in [0, 0.05) is 28.7 Å². The lowest BCUT2D eigenvalue weighted by molar-refractivity contribution is -0.132. The summed E-state index contributed by atoms with van der Waals surface area (Å²) >= 11 is 6.10. The van der Waals surface area contributed by atoms with E-state index in [0.29, 0.717) is 21.8 Å². The van der Waals surface area contributed by atoms with Gasteiger partial charge in [-0.3, -0.25) is 19.5 Å². The molecule has 4 rings (SSSR count). The summed E-state index contributed by atoms with van der Waals surface area (Å²) in [6.45, 7) is 1.55. The topological polar surface area (TPSA) is 70.5 Å². The van der Waals surface area contributed by atoms with E-state index < -0.39 is 23.5 Å². The normalized spacial score (nSPS) is 18.1. The zero-order valence-corrected chi connectivity index (χ0v) is 16.6.